The molecule has 0 saturated carbocycles. The Bertz CT molecular complexity index is 2070. The smallest absolute Gasteiger partial charge is 0.320 e. The first-order chi connectivity index (χ1) is 25.5. The minimum atomic E-state index is -0.935. The Hall–Kier alpha value is -4.20. The number of aliphatic hydroxyl groups excluding tert-OH is 1. The topological polar surface area (TPSA) is 129 Å². The van der Waals surface area contributed by atoms with Gasteiger partial charge in [0.1, 0.15) is 28.7 Å². The number of methoxy groups -OCH3 is 1. The second-order valence-corrected chi connectivity index (χ2v) is 14.7. The lowest BCUT2D eigenvalue weighted by atomic mass is 9.96. The summed E-state index contributed by atoms with van der Waals surface area (Å²) in [7, 11) is 3.27. The number of nitrogens with zero attached hydrogens (tertiary/aromatic N) is 4. The van der Waals surface area contributed by atoms with Crippen LogP contribution >= 0.6 is 23.2 Å². The molecule has 280 valence electrons. The number of halogens is 3. The maximum absolute atomic E-state index is 15.8. The van der Waals surface area contributed by atoms with Crippen molar-refractivity contribution in [3.8, 4) is 22.6 Å². The number of rotatable bonds is 11. The fraction of sp³-hybridized carbons (Fsp3) is 0.410. The summed E-state index contributed by atoms with van der Waals surface area (Å²) in [5.41, 5.74) is 6.04. The van der Waals surface area contributed by atoms with Crippen LogP contribution in [0.3, 0.4) is 0 Å². The Morgan fingerprint density at radius 2 is 1.85 bits per heavy atom. The van der Waals surface area contributed by atoms with E-state index in [4.69, 9.17) is 32.7 Å². The van der Waals surface area contributed by atoms with Crippen LogP contribution in [-0.4, -0.2) is 80.3 Å². The number of carbonyl (C=O) groups is 2. The number of aliphatic hydroxyl groups is 1. The van der Waals surface area contributed by atoms with Crippen LogP contribution in [0.1, 0.15) is 71.0 Å². The van der Waals surface area contributed by atoms with E-state index in [9.17, 15) is 19.8 Å². The zero-order valence-corrected chi connectivity index (χ0v) is 31.3. The number of hydrogen-bond donors (Lipinski definition) is 3. The highest BCUT2D eigenvalue weighted by Crippen LogP contribution is 2.46. The van der Waals surface area contributed by atoms with Crippen LogP contribution in [0.25, 0.3) is 11.1 Å². The van der Waals surface area contributed by atoms with E-state index in [2.05, 4.69) is 15.2 Å². The summed E-state index contributed by atoms with van der Waals surface area (Å²) in [6.07, 6.45) is 2.77. The second kappa shape index (κ2) is 15.3. The van der Waals surface area contributed by atoms with Crippen molar-refractivity contribution in [2.45, 2.75) is 70.3 Å². The van der Waals surface area contributed by atoms with Crippen LogP contribution < -0.4 is 14.8 Å². The SMILES string of the molecule is COc1cc(OC2CCc3c(-c4cccc(NC(=O)c5nc6c(n5C)CCN(C(C)CO)C6)c4Cl)cccc32)c(Cl)c(F)c1CN1CCC[C@H]1C(=O)O. The summed E-state index contributed by atoms with van der Waals surface area (Å²) in [6.45, 7) is 3.94. The molecular weight excluding hydrogens is 724 g/mol. The first-order valence-corrected chi connectivity index (χ1v) is 18.6. The number of anilines is 1. The molecule has 0 spiro atoms. The van der Waals surface area contributed by atoms with Crippen molar-refractivity contribution in [1.82, 2.24) is 19.4 Å². The van der Waals surface area contributed by atoms with E-state index in [1.165, 1.54) is 7.11 Å². The molecule has 3 aromatic carbocycles. The highest BCUT2D eigenvalue weighted by Gasteiger charge is 2.34. The lowest BCUT2D eigenvalue weighted by molar-refractivity contribution is -0.142. The fourth-order valence-corrected chi connectivity index (χ4v) is 8.42. The maximum atomic E-state index is 15.8. The highest BCUT2D eigenvalue weighted by atomic mass is 35.5. The van der Waals surface area contributed by atoms with Crippen molar-refractivity contribution in [1.29, 1.82) is 0 Å². The maximum Gasteiger partial charge on any atom is 0.320 e. The number of amides is 1. The average Bonchev–Trinajstić information content (AvgIpc) is 3.89. The molecule has 3 N–H and O–H groups in total. The predicted octanol–water partition coefficient (Wildman–Crippen LogP) is 6.65. The predicted molar refractivity (Wildman–Crippen MR) is 199 cm³/mol. The summed E-state index contributed by atoms with van der Waals surface area (Å²) in [5, 5.41) is 22.4. The molecular formula is C39H42Cl2FN5O6. The number of benzene rings is 3. The summed E-state index contributed by atoms with van der Waals surface area (Å²) in [5.74, 6) is -1.34. The molecule has 11 nitrogen and oxygen atoms in total. The van der Waals surface area contributed by atoms with Crippen molar-refractivity contribution < 1.29 is 33.7 Å². The highest BCUT2D eigenvalue weighted by molar-refractivity contribution is 6.36. The molecule has 1 amide bonds. The molecule has 3 heterocycles. The molecule has 3 aliphatic rings. The van der Waals surface area contributed by atoms with Crippen molar-refractivity contribution >= 4 is 40.8 Å². The van der Waals surface area contributed by atoms with Crippen molar-refractivity contribution in [2.24, 2.45) is 7.05 Å². The molecule has 0 radical (unpaired) electrons. The molecule has 2 unspecified atom stereocenters. The van der Waals surface area contributed by atoms with Crippen molar-refractivity contribution in [3.63, 3.8) is 0 Å². The van der Waals surface area contributed by atoms with Crippen LogP contribution in [0.5, 0.6) is 11.5 Å². The Morgan fingerprint density at radius 3 is 2.60 bits per heavy atom. The minimum Gasteiger partial charge on any atom is -0.496 e. The van der Waals surface area contributed by atoms with Crippen molar-refractivity contribution in [2.75, 3.05) is 32.1 Å². The van der Waals surface area contributed by atoms with Gasteiger partial charge in [-0.15, -0.1) is 0 Å². The van der Waals surface area contributed by atoms with Crippen LogP contribution in [-0.2, 0) is 37.8 Å². The Balaban J connectivity index is 1.11. The monoisotopic (exact) mass is 765 g/mol. The van der Waals surface area contributed by atoms with E-state index in [1.807, 2.05) is 48.9 Å². The Labute approximate surface area is 317 Å². The Morgan fingerprint density at radius 1 is 1.08 bits per heavy atom. The number of carboxylic acids is 1. The van der Waals surface area contributed by atoms with Gasteiger partial charge >= 0.3 is 5.97 Å². The first kappa shape index (κ1) is 37.1. The molecule has 53 heavy (non-hydrogen) atoms. The number of nitrogens with one attached hydrogen (secondary N) is 1. The Kier molecular flexibility index (Phi) is 10.7. The standard InChI is InChI=1S/C39H42Cl2FN5O6/c1-21(20-48)46-16-14-29-28(19-46)43-37(45(29)2)38(49)44-27-10-5-9-25(34(27)40)22-7-4-8-24-23(22)12-13-31(24)53-33-17-32(52-3)26(36(42)35(33)41)18-47-15-6-11-30(47)39(50)51/h4-5,7-10,17,21,30-31,48H,6,11-16,18-20H2,1-3H3,(H,44,49)(H,50,51)/t21?,30-,31?/m0/s1. The first-order valence-electron chi connectivity index (χ1n) is 17.8. The number of aromatic nitrogens is 2. The van der Waals surface area contributed by atoms with Crippen LogP contribution in [0, 0.1) is 5.82 Å². The quantitative estimate of drug-likeness (QED) is 0.154. The van der Waals surface area contributed by atoms with E-state index >= 15 is 4.39 Å². The molecule has 1 aromatic heterocycles. The molecule has 14 heteroatoms. The number of carbonyl (C=O) groups excluding carboxylic acids is 1. The lowest BCUT2D eigenvalue weighted by Gasteiger charge is -2.30. The number of likely N-dealkylation sites (tertiary alicyclic amines) is 1. The summed E-state index contributed by atoms with van der Waals surface area (Å²) < 4.78 is 29.6. The van der Waals surface area contributed by atoms with Gasteiger partial charge in [-0.25, -0.2) is 9.37 Å². The third kappa shape index (κ3) is 6.99. The third-order valence-corrected chi connectivity index (χ3v) is 11.6. The largest absolute Gasteiger partial charge is 0.496 e. The van der Waals surface area contributed by atoms with Crippen LogP contribution in [0.4, 0.5) is 10.1 Å². The summed E-state index contributed by atoms with van der Waals surface area (Å²) in [4.78, 5) is 33.9. The number of fused-ring (bicyclic) bond motifs is 2. The molecule has 1 saturated heterocycles. The average molecular weight is 767 g/mol. The van der Waals surface area contributed by atoms with Gasteiger partial charge in [-0.3, -0.25) is 19.4 Å². The molecule has 3 atom stereocenters. The van der Waals surface area contributed by atoms with E-state index in [-0.39, 0.29) is 53.0 Å². The number of ether oxygens (including phenoxy) is 2. The van der Waals surface area contributed by atoms with Gasteiger partial charge in [0.2, 0.25) is 0 Å². The molecule has 2 aliphatic heterocycles. The lowest BCUT2D eigenvalue weighted by Crippen LogP contribution is -2.39. The number of hydrogen-bond acceptors (Lipinski definition) is 8. The summed E-state index contributed by atoms with van der Waals surface area (Å²) in [6, 6.07) is 12.2. The zero-order chi connectivity index (χ0) is 37.6. The van der Waals surface area contributed by atoms with Gasteiger partial charge < -0.3 is 29.6 Å². The van der Waals surface area contributed by atoms with E-state index in [0.29, 0.717) is 49.5 Å². The number of aliphatic carboxylic acids is 1. The van der Waals surface area contributed by atoms with Gasteiger partial charge in [0.15, 0.2) is 11.6 Å². The van der Waals surface area contributed by atoms with Gasteiger partial charge in [-0.05, 0) is 61.9 Å². The van der Waals surface area contributed by atoms with E-state index in [0.717, 1.165) is 46.6 Å². The molecule has 0 bridgehead atoms. The van der Waals surface area contributed by atoms with Gasteiger partial charge in [0, 0.05) is 62.0 Å². The summed E-state index contributed by atoms with van der Waals surface area (Å²) >= 11 is 13.6. The number of imidazole rings is 1. The fourth-order valence-electron chi connectivity index (χ4n) is 7.93. The molecule has 1 fully saturated rings. The third-order valence-electron chi connectivity index (χ3n) is 10.9. The van der Waals surface area contributed by atoms with E-state index in [1.54, 1.807) is 17.0 Å². The van der Waals surface area contributed by atoms with E-state index < -0.39 is 23.9 Å². The second-order valence-electron chi connectivity index (χ2n) is 13.9. The van der Waals surface area contributed by atoms with Gasteiger partial charge in [-0.1, -0.05) is 53.5 Å². The minimum absolute atomic E-state index is 0.00228. The normalized spacial score (nSPS) is 19.2. The van der Waals surface area contributed by atoms with Crippen molar-refractivity contribution in [3.05, 3.63) is 92.2 Å². The molecule has 7 rings (SSSR count). The van der Waals surface area contributed by atoms with Crippen LogP contribution in [0.15, 0.2) is 42.5 Å². The molecule has 1 aliphatic carbocycles. The zero-order valence-electron chi connectivity index (χ0n) is 29.8. The van der Waals surface area contributed by atoms with Gasteiger partial charge in [0.05, 0.1) is 30.1 Å². The molecule has 4 aromatic rings. The van der Waals surface area contributed by atoms with Gasteiger partial charge in [0.25, 0.3) is 5.91 Å². The van der Waals surface area contributed by atoms with Gasteiger partial charge in [-0.2, -0.15) is 0 Å². The number of carboxylic acid groups (broad SMARTS) is 1. The van der Waals surface area contributed by atoms with Crippen LogP contribution in [0.2, 0.25) is 10.0 Å².